The first-order valence-corrected chi connectivity index (χ1v) is 10.6. The molecule has 0 unspecified atom stereocenters. The van der Waals surface area contributed by atoms with E-state index in [2.05, 4.69) is 25.3 Å². The minimum Gasteiger partial charge on any atom is -0.461 e. The smallest absolute Gasteiger partial charge is 0.357 e. The third kappa shape index (κ3) is 5.31. The molecule has 1 fully saturated rings. The van der Waals surface area contributed by atoms with E-state index < -0.39 is 5.97 Å². The number of aryl methyl sites for hydroxylation is 2. The Kier molecular flexibility index (Phi) is 7.45. The van der Waals surface area contributed by atoms with Gasteiger partial charge >= 0.3 is 5.97 Å². The maximum Gasteiger partial charge on any atom is 0.357 e. The second-order valence-corrected chi connectivity index (χ2v) is 7.53. The Bertz CT molecular complexity index is 950. The lowest BCUT2D eigenvalue weighted by molar-refractivity contribution is 0.0515. The van der Waals surface area contributed by atoms with E-state index in [4.69, 9.17) is 21.1 Å². The maximum absolute atomic E-state index is 12.6. The van der Waals surface area contributed by atoms with E-state index in [0.717, 1.165) is 5.69 Å². The molecule has 1 amide bonds. The molecule has 2 aromatic heterocycles. The summed E-state index contributed by atoms with van der Waals surface area (Å²) in [5.74, 6) is 0.469. The lowest BCUT2D eigenvalue weighted by Gasteiger charge is -2.38. The average molecular weight is 451 g/mol. The van der Waals surface area contributed by atoms with Gasteiger partial charge in [0.05, 0.1) is 24.4 Å². The summed E-state index contributed by atoms with van der Waals surface area (Å²) in [6, 6.07) is 1.41. The van der Waals surface area contributed by atoms with Crippen LogP contribution in [0.1, 0.15) is 52.9 Å². The number of aromatic nitrogens is 4. The fourth-order valence-corrected chi connectivity index (χ4v) is 3.78. The number of nitrogens with zero attached hydrogens (tertiary/aromatic N) is 4. The minimum absolute atomic E-state index is 0.185. The number of amides is 1. The van der Waals surface area contributed by atoms with Gasteiger partial charge in [-0.05, 0) is 26.7 Å². The van der Waals surface area contributed by atoms with Gasteiger partial charge < -0.3 is 24.7 Å². The van der Waals surface area contributed by atoms with E-state index >= 15 is 0 Å². The summed E-state index contributed by atoms with van der Waals surface area (Å²) in [6.45, 7) is 6.78. The number of H-pyrrole nitrogens is 1. The van der Waals surface area contributed by atoms with Crippen LogP contribution in [0.5, 0.6) is 0 Å². The first-order valence-electron chi connectivity index (χ1n) is 10.2. The number of hydrogen-bond acceptors (Lipinski definition) is 8. The van der Waals surface area contributed by atoms with Crippen molar-refractivity contribution in [2.75, 3.05) is 31.7 Å². The SMILES string of the molecule is CCOC(=O)c1cc(N2CC[C@@H](NC(=O)c3nc(Cl)c(CC)[nH]3)[C@@H](OC)C2)nc(C)n1. The monoisotopic (exact) mass is 450 g/mol. The van der Waals surface area contributed by atoms with E-state index in [-0.39, 0.29) is 36.2 Å². The number of esters is 1. The van der Waals surface area contributed by atoms with E-state index in [0.29, 0.717) is 42.7 Å². The standard InChI is InChI=1S/C20H27ClN6O4/c1-5-12-17(21)26-18(24-12)19(28)25-13-7-8-27(10-15(13)30-4)16-9-14(20(29)31-6-2)22-11(3)23-16/h9,13,15H,5-8,10H2,1-4H3,(H,24,26)(H,25,28)/t13-,15+/m1/s1. The van der Waals surface area contributed by atoms with Gasteiger partial charge in [-0.25, -0.2) is 19.7 Å². The van der Waals surface area contributed by atoms with Crippen molar-refractivity contribution in [1.82, 2.24) is 25.3 Å². The molecule has 1 saturated heterocycles. The van der Waals surface area contributed by atoms with Gasteiger partial charge in [-0.2, -0.15) is 0 Å². The number of anilines is 1. The molecular weight excluding hydrogens is 424 g/mol. The Morgan fingerprint density at radius 2 is 2.10 bits per heavy atom. The number of hydrogen-bond donors (Lipinski definition) is 2. The normalized spacial score (nSPS) is 18.7. The van der Waals surface area contributed by atoms with Gasteiger partial charge in [0.15, 0.2) is 16.7 Å². The average Bonchev–Trinajstić information content (AvgIpc) is 3.14. The summed E-state index contributed by atoms with van der Waals surface area (Å²) in [6.07, 6.45) is 0.997. The third-order valence-corrected chi connectivity index (χ3v) is 5.42. The first-order chi connectivity index (χ1) is 14.9. The summed E-state index contributed by atoms with van der Waals surface area (Å²) < 4.78 is 10.7. The van der Waals surface area contributed by atoms with Crippen molar-refractivity contribution < 1.29 is 19.1 Å². The Balaban J connectivity index is 1.70. The molecule has 31 heavy (non-hydrogen) atoms. The highest BCUT2D eigenvalue weighted by Crippen LogP contribution is 2.22. The van der Waals surface area contributed by atoms with Crippen LogP contribution in [0, 0.1) is 6.92 Å². The topological polar surface area (TPSA) is 122 Å². The van der Waals surface area contributed by atoms with Gasteiger partial charge in [-0.15, -0.1) is 0 Å². The van der Waals surface area contributed by atoms with Crippen molar-refractivity contribution in [3.05, 3.63) is 34.3 Å². The Morgan fingerprint density at radius 3 is 2.74 bits per heavy atom. The zero-order valence-corrected chi connectivity index (χ0v) is 18.8. The van der Waals surface area contributed by atoms with Gasteiger partial charge in [0, 0.05) is 26.3 Å². The van der Waals surface area contributed by atoms with Crippen LogP contribution >= 0.6 is 11.6 Å². The van der Waals surface area contributed by atoms with Crippen molar-refractivity contribution >= 4 is 29.3 Å². The number of aromatic amines is 1. The predicted octanol–water partition coefficient (Wildman–Crippen LogP) is 1.92. The third-order valence-electron chi connectivity index (χ3n) is 5.11. The first kappa shape index (κ1) is 23.0. The van der Waals surface area contributed by atoms with Crippen LogP contribution in [-0.2, 0) is 15.9 Å². The largest absolute Gasteiger partial charge is 0.461 e. The van der Waals surface area contributed by atoms with E-state index in [1.807, 2.05) is 11.8 Å². The number of imidazole rings is 1. The Morgan fingerprint density at radius 1 is 1.32 bits per heavy atom. The van der Waals surface area contributed by atoms with Crippen LogP contribution in [0.4, 0.5) is 5.82 Å². The number of ether oxygens (including phenoxy) is 2. The molecule has 3 rings (SSSR count). The lowest BCUT2D eigenvalue weighted by atomic mass is 10.0. The van der Waals surface area contributed by atoms with Crippen LogP contribution < -0.4 is 10.2 Å². The summed E-state index contributed by atoms with van der Waals surface area (Å²) in [5.41, 5.74) is 0.941. The van der Waals surface area contributed by atoms with Crippen molar-refractivity contribution in [3.63, 3.8) is 0 Å². The van der Waals surface area contributed by atoms with Gasteiger partial charge in [0.25, 0.3) is 5.91 Å². The molecule has 0 bridgehead atoms. The molecule has 1 aliphatic heterocycles. The highest BCUT2D eigenvalue weighted by molar-refractivity contribution is 6.30. The summed E-state index contributed by atoms with van der Waals surface area (Å²) >= 11 is 6.04. The second kappa shape index (κ2) is 10.1. The molecular formula is C20H27ClN6O4. The van der Waals surface area contributed by atoms with Crippen LogP contribution in [0.3, 0.4) is 0 Å². The van der Waals surface area contributed by atoms with Gasteiger partial charge in [0.2, 0.25) is 0 Å². The number of carbonyl (C=O) groups is 2. The van der Waals surface area contributed by atoms with E-state index in [9.17, 15) is 9.59 Å². The number of nitrogens with one attached hydrogen (secondary N) is 2. The molecule has 11 heteroatoms. The maximum atomic E-state index is 12.6. The predicted molar refractivity (Wildman–Crippen MR) is 115 cm³/mol. The molecule has 2 atom stereocenters. The van der Waals surface area contributed by atoms with Crippen LogP contribution in [0.25, 0.3) is 0 Å². The van der Waals surface area contributed by atoms with Crippen molar-refractivity contribution in [3.8, 4) is 0 Å². The highest BCUT2D eigenvalue weighted by Gasteiger charge is 2.32. The molecule has 10 nitrogen and oxygen atoms in total. The molecule has 3 heterocycles. The number of methoxy groups -OCH3 is 1. The molecule has 168 valence electrons. The van der Waals surface area contributed by atoms with Gasteiger partial charge in [-0.1, -0.05) is 18.5 Å². The summed E-state index contributed by atoms with van der Waals surface area (Å²) in [4.78, 5) is 42.4. The van der Waals surface area contributed by atoms with Crippen molar-refractivity contribution in [2.45, 2.75) is 45.8 Å². The zero-order valence-electron chi connectivity index (χ0n) is 18.1. The molecule has 2 aromatic rings. The zero-order chi connectivity index (χ0) is 22.5. The quantitative estimate of drug-likeness (QED) is 0.613. The molecule has 0 radical (unpaired) electrons. The number of piperidine rings is 1. The van der Waals surface area contributed by atoms with Crippen LogP contribution in [0.2, 0.25) is 5.15 Å². The Hall–Kier alpha value is -2.72. The molecule has 2 N–H and O–H groups in total. The van der Waals surface area contributed by atoms with Crippen molar-refractivity contribution in [2.24, 2.45) is 0 Å². The van der Waals surface area contributed by atoms with Crippen molar-refractivity contribution in [1.29, 1.82) is 0 Å². The van der Waals surface area contributed by atoms with Gasteiger partial charge in [0.1, 0.15) is 11.6 Å². The lowest BCUT2D eigenvalue weighted by Crippen LogP contribution is -2.55. The molecule has 0 spiro atoms. The minimum atomic E-state index is -0.483. The number of halogens is 1. The number of rotatable bonds is 7. The fourth-order valence-electron chi connectivity index (χ4n) is 3.52. The fraction of sp³-hybridized carbons (Fsp3) is 0.550. The number of carbonyl (C=O) groups excluding carboxylic acids is 2. The van der Waals surface area contributed by atoms with Crippen LogP contribution in [-0.4, -0.2) is 70.8 Å². The van der Waals surface area contributed by atoms with E-state index in [1.54, 1.807) is 27.0 Å². The molecule has 1 aliphatic rings. The molecule has 0 saturated carbocycles. The summed E-state index contributed by atoms with van der Waals surface area (Å²) in [7, 11) is 1.60. The molecule has 0 aliphatic carbocycles. The van der Waals surface area contributed by atoms with Crippen LogP contribution in [0.15, 0.2) is 6.07 Å². The highest BCUT2D eigenvalue weighted by atomic mass is 35.5. The molecule has 0 aromatic carbocycles. The van der Waals surface area contributed by atoms with E-state index in [1.165, 1.54) is 0 Å². The second-order valence-electron chi connectivity index (χ2n) is 7.18. The Labute approximate surface area is 185 Å². The summed E-state index contributed by atoms with van der Waals surface area (Å²) in [5, 5.41) is 3.29. The van der Waals surface area contributed by atoms with Gasteiger partial charge in [-0.3, -0.25) is 4.79 Å².